The molecule has 0 aromatic heterocycles. The van der Waals surface area contributed by atoms with E-state index in [4.69, 9.17) is 10.5 Å². The molecule has 0 unspecified atom stereocenters. The Morgan fingerprint density at radius 2 is 2.20 bits per heavy atom. The first-order chi connectivity index (χ1) is 9.45. The van der Waals surface area contributed by atoms with Crippen LogP contribution in [0.1, 0.15) is 26.2 Å². The summed E-state index contributed by atoms with van der Waals surface area (Å²) in [5.74, 6) is -0.640. The molecule has 0 spiro atoms. The maximum absolute atomic E-state index is 13.4. The molecule has 0 radical (unpaired) electrons. The van der Waals surface area contributed by atoms with E-state index >= 15 is 0 Å². The van der Waals surface area contributed by atoms with Gasteiger partial charge in [-0.25, -0.2) is 4.39 Å². The minimum Gasteiger partial charge on any atom is -0.369 e. The van der Waals surface area contributed by atoms with E-state index in [1.54, 1.807) is 4.90 Å². The van der Waals surface area contributed by atoms with Crippen molar-refractivity contribution in [2.24, 2.45) is 5.73 Å². The second kappa shape index (κ2) is 6.49. The van der Waals surface area contributed by atoms with Gasteiger partial charge in [-0.05, 0) is 26.2 Å². The summed E-state index contributed by atoms with van der Waals surface area (Å²) in [6, 6.07) is -0.180. The highest BCUT2D eigenvalue weighted by Gasteiger charge is 2.34. The fourth-order valence-electron chi connectivity index (χ4n) is 2.86. The van der Waals surface area contributed by atoms with E-state index < -0.39 is 18.2 Å². The molecule has 0 saturated carbocycles. The Hall–Kier alpha value is -1.21. The van der Waals surface area contributed by atoms with Crippen molar-refractivity contribution < 1.29 is 18.7 Å². The van der Waals surface area contributed by atoms with Crippen molar-refractivity contribution >= 4 is 11.8 Å². The van der Waals surface area contributed by atoms with Crippen molar-refractivity contribution in [2.75, 3.05) is 19.6 Å². The third-order valence-corrected chi connectivity index (χ3v) is 3.87. The molecule has 20 heavy (non-hydrogen) atoms. The number of ether oxygens (including phenoxy) is 1. The van der Waals surface area contributed by atoms with Crippen LogP contribution < -0.4 is 11.1 Å². The van der Waals surface area contributed by atoms with Crippen molar-refractivity contribution in [3.8, 4) is 0 Å². The van der Waals surface area contributed by atoms with Crippen molar-refractivity contribution in [1.29, 1.82) is 0 Å². The van der Waals surface area contributed by atoms with Gasteiger partial charge in [0.15, 0.2) is 0 Å². The number of nitrogens with one attached hydrogen (secondary N) is 1. The van der Waals surface area contributed by atoms with Gasteiger partial charge >= 0.3 is 0 Å². The van der Waals surface area contributed by atoms with Gasteiger partial charge < -0.3 is 15.8 Å². The lowest BCUT2D eigenvalue weighted by Crippen LogP contribution is -2.45. The van der Waals surface area contributed by atoms with Crippen LogP contribution in [0.4, 0.5) is 4.39 Å². The Labute approximate surface area is 117 Å². The summed E-state index contributed by atoms with van der Waals surface area (Å²) in [6.45, 7) is 2.48. The molecule has 2 aliphatic rings. The average molecular weight is 287 g/mol. The van der Waals surface area contributed by atoms with Crippen LogP contribution in [0.5, 0.6) is 0 Å². The third kappa shape index (κ3) is 3.89. The van der Waals surface area contributed by atoms with Gasteiger partial charge in [0.25, 0.3) is 0 Å². The predicted octanol–water partition coefficient (Wildman–Crippen LogP) is -0.432. The Balaban J connectivity index is 1.79. The first-order valence-electron chi connectivity index (χ1n) is 7.05. The lowest BCUT2D eigenvalue weighted by molar-refractivity contribution is -0.131. The van der Waals surface area contributed by atoms with Crippen LogP contribution >= 0.6 is 0 Å². The van der Waals surface area contributed by atoms with Crippen molar-refractivity contribution in [2.45, 2.75) is 50.6 Å². The van der Waals surface area contributed by atoms with Crippen LogP contribution in [0.2, 0.25) is 0 Å². The number of rotatable bonds is 5. The lowest BCUT2D eigenvalue weighted by Gasteiger charge is -2.23. The lowest BCUT2D eigenvalue weighted by atomic mass is 10.1. The highest BCUT2D eigenvalue weighted by atomic mass is 19.1. The molecule has 2 amide bonds. The minimum atomic E-state index is -0.973. The van der Waals surface area contributed by atoms with E-state index in [2.05, 4.69) is 5.32 Å². The van der Waals surface area contributed by atoms with Crippen LogP contribution in [0.15, 0.2) is 0 Å². The maximum Gasteiger partial charge on any atom is 0.249 e. The average Bonchev–Trinajstić information content (AvgIpc) is 2.92. The molecule has 4 atom stereocenters. The van der Waals surface area contributed by atoms with E-state index in [0.717, 1.165) is 6.42 Å². The van der Waals surface area contributed by atoms with Crippen LogP contribution in [0.3, 0.4) is 0 Å². The highest BCUT2D eigenvalue weighted by Crippen LogP contribution is 2.21. The molecule has 2 heterocycles. The van der Waals surface area contributed by atoms with Gasteiger partial charge in [-0.2, -0.15) is 0 Å². The van der Waals surface area contributed by atoms with E-state index in [0.29, 0.717) is 19.4 Å². The van der Waals surface area contributed by atoms with Crippen LogP contribution in [0.25, 0.3) is 0 Å². The van der Waals surface area contributed by atoms with Crippen LogP contribution in [0, 0.1) is 0 Å². The molecular formula is C13H22FN3O3. The Morgan fingerprint density at radius 1 is 1.45 bits per heavy atom. The number of halogens is 1. The predicted molar refractivity (Wildman–Crippen MR) is 70.6 cm³/mol. The number of hydrogen-bond donors (Lipinski definition) is 2. The molecule has 0 aromatic rings. The fourth-order valence-corrected chi connectivity index (χ4v) is 2.86. The van der Waals surface area contributed by atoms with Gasteiger partial charge in [0, 0.05) is 19.1 Å². The monoisotopic (exact) mass is 287 g/mol. The quantitative estimate of drug-likeness (QED) is 0.718. The molecule has 0 bridgehead atoms. The summed E-state index contributed by atoms with van der Waals surface area (Å²) in [4.78, 5) is 24.5. The third-order valence-electron chi connectivity index (χ3n) is 3.87. The van der Waals surface area contributed by atoms with E-state index in [-0.39, 0.29) is 31.1 Å². The molecule has 2 fully saturated rings. The van der Waals surface area contributed by atoms with E-state index in [1.165, 1.54) is 0 Å². The second-order valence-electron chi connectivity index (χ2n) is 5.64. The van der Waals surface area contributed by atoms with Gasteiger partial charge in [-0.3, -0.25) is 14.5 Å². The van der Waals surface area contributed by atoms with Gasteiger partial charge in [-0.1, -0.05) is 0 Å². The van der Waals surface area contributed by atoms with Crippen molar-refractivity contribution in [3.05, 3.63) is 0 Å². The highest BCUT2D eigenvalue weighted by molar-refractivity contribution is 5.81. The molecule has 2 aliphatic heterocycles. The first kappa shape index (κ1) is 15.2. The Kier molecular flexibility index (Phi) is 4.93. The van der Waals surface area contributed by atoms with E-state index in [1.807, 2.05) is 6.92 Å². The number of hydrogen-bond acceptors (Lipinski definition) is 4. The Morgan fingerprint density at radius 3 is 2.80 bits per heavy atom. The molecule has 2 rings (SSSR count). The smallest absolute Gasteiger partial charge is 0.249 e. The number of nitrogens with zero attached hydrogens (tertiary/aromatic N) is 1. The summed E-state index contributed by atoms with van der Waals surface area (Å²) in [5, 5.41) is 2.79. The topological polar surface area (TPSA) is 84.7 Å². The number of likely N-dealkylation sites (tertiary alicyclic amines) is 1. The summed E-state index contributed by atoms with van der Waals surface area (Å²) in [7, 11) is 0. The summed E-state index contributed by atoms with van der Waals surface area (Å²) in [6.07, 6.45) is 0.640. The largest absolute Gasteiger partial charge is 0.369 e. The van der Waals surface area contributed by atoms with Crippen LogP contribution in [-0.2, 0) is 14.3 Å². The minimum absolute atomic E-state index is 0.0257. The number of amides is 2. The fraction of sp³-hybridized carbons (Fsp3) is 0.846. The zero-order chi connectivity index (χ0) is 14.7. The molecule has 114 valence electrons. The van der Waals surface area contributed by atoms with Gasteiger partial charge in [0.1, 0.15) is 12.3 Å². The summed E-state index contributed by atoms with van der Waals surface area (Å²) < 4.78 is 18.9. The summed E-state index contributed by atoms with van der Waals surface area (Å²) >= 11 is 0. The standard InChI is InChI=1S/C13H22FN3O3/c1-8-2-3-11(20-8)13(19)16-5-10-4-9(14)6-17(10)7-12(15)18/h8-11H,2-7H2,1H3,(H2,15,18)(H,16,19)/t8-,9+,10+,11-/m1/s1. The number of carbonyl (C=O) groups excluding carboxylic acids is 2. The van der Waals surface area contributed by atoms with Crippen LogP contribution in [-0.4, -0.2) is 60.8 Å². The molecule has 0 aliphatic carbocycles. The number of alkyl halides is 1. The zero-order valence-electron chi connectivity index (χ0n) is 11.7. The molecule has 0 aromatic carbocycles. The second-order valence-corrected chi connectivity index (χ2v) is 5.64. The normalized spacial score (nSPS) is 34.3. The van der Waals surface area contributed by atoms with Crippen molar-refractivity contribution in [3.63, 3.8) is 0 Å². The van der Waals surface area contributed by atoms with Gasteiger partial charge in [0.05, 0.1) is 12.6 Å². The molecule has 2 saturated heterocycles. The Bertz CT molecular complexity index is 380. The molecule has 6 nitrogen and oxygen atoms in total. The number of carbonyl (C=O) groups is 2. The number of primary amides is 1. The number of nitrogens with two attached hydrogens (primary N) is 1. The first-order valence-corrected chi connectivity index (χ1v) is 7.05. The van der Waals surface area contributed by atoms with Crippen molar-refractivity contribution in [1.82, 2.24) is 10.2 Å². The van der Waals surface area contributed by atoms with Gasteiger partial charge in [0.2, 0.25) is 11.8 Å². The summed E-state index contributed by atoms with van der Waals surface area (Å²) in [5.41, 5.74) is 5.14. The maximum atomic E-state index is 13.4. The molecule has 7 heteroatoms. The van der Waals surface area contributed by atoms with Gasteiger partial charge in [-0.15, -0.1) is 0 Å². The molecule has 3 N–H and O–H groups in total. The molecular weight excluding hydrogens is 265 g/mol. The van der Waals surface area contributed by atoms with E-state index in [9.17, 15) is 14.0 Å². The SMILES string of the molecule is C[C@@H]1CC[C@H](C(=O)NC[C@@H]2C[C@H](F)CN2CC(N)=O)O1. The zero-order valence-corrected chi connectivity index (χ0v) is 11.7.